The number of hydrogen-bond donors (Lipinski definition) is 3. The number of hydrogen-bond acceptors (Lipinski definition) is 5. The Kier molecular flexibility index (Phi) is 3.91. The summed E-state index contributed by atoms with van der Waals surface area (Å²) in [6.45, 7) is 0. The average molecular weight is 313 g/mol. The van der Waals surface area contributed by atoms with Crippen LogP contribution in [0.1, 0.15) is 5.56 Å². The molecule has 1 saturated heterocycles. The predicted molar refractivity (Wildman–Crippen MR) is 76.5 cm³/mol. The van der Waals surface area contributed by atoms with Crippen LogP contribution >= 0.6 is 23.8 Å². The maximum atomic E-state index is 11.7. The molecule has 0 saturated carbocycles. The molecule has 2 rings (SSSR count). The van der Waals surface area contributed by atoms with Crippen molar-refractivity contribution in [2.75, 3.05) is 7.11 Å². The van der Waals surface area contributed by atoms with E-state index in [2.05, 4.69) is 22.9 Å². The number of benzene rings is 1. The number of thiocarbonyl (C=S) groups is 1. The molecule has 20 heavy (non-hydrogen) atoms. The number of phenolic OH excluding ortho intramolecular Hbond substituents is 1. The fourth-order valence-electron chi connectivity index (χ4n) is 1.61. The Morgan fingerprint density at radius 1 is 1.30 bits per heavy atom. The number of amides is 2. The van der Waals surface area contributed by atoms with E-state index in [4.69, 9.17) is 16.3 Å². The first-order valence-electron chi connectivity index (χ1n) is 5.37. The number of phenols is 1. The summed E-state index contributed by atoms with van der Waals surface area (Å²) in [6.07, 6.45) is 1.32. The largest absolute Gasteiger partial charge is 0.503 e. The number of carbonyl (C=O) groups excluding carboxylic acids is 2. The van der Waals surface area contributed by atoms with Crippen LogP contribution < -0.4 is 15.4 Å². The van der Waals surface area contributed by atoms with E-state index in [9.17, 15) is 14.7 Å². The number of aromatic hydroxyl groups is 1. The number of rotatable bonds is 2. The van der Waals surface area contributed by atoms with Crippen molar-refractivity contribution in [1.82, 2.24) is 10.6 Å². The minimum absolute atomic E-state index is 0.0431. The molecule has 3 N–H and O–H groups in total. The number of methoxy groups -OCH3 is 1. The van der Waals surface area contributed by atoms with Gasteiger partial charge in [-0.15, -0.1) is 0 Å². The van der Waals surface area contributed by atoms with Crippen LogP contribution in [-0.4, -0.2) is 29.1 Å². The second-order valence-electron chi connectivity index (χ2n) is 3.85. The maximum Gasteiger partial charge on any atom is 0.263 e. The SMILES string of the molecule is COc1cc(C=C2C(=O)NC(=S)NC2=O)cc(Cl)c1O. The van der Waals surface area contributed by atoms with E-state index >= 15 is 0 Å². The topological polar surface area (TPSA) is 87.7 Å². The van der Waals surface area contributed by atoms with Crippen molar-refractivity contribution >= 4 is 46.8 Å². The molecule has 1 aliphatic rings. The molecule has 1 aromatic carbocycles. The molecule has 0 unspecified atom stereocenters. The predicted octanol–water partition coefficient (Wildman–Crippen LogP) is 0.968. The lowest BCUT2D eigenvalue weighted by atomic mass is 10.1. The van der Waals surface area contributed by atoms with E-state index in [1.807, 2.05) is 0 Å². The first-order valence-corrected chi connectivity index (χ1v) is 6.16. The normalized spacial score (nSPS) is 14.7. The van der Waals surface area contributed by atoms with Crippen LogP contribution in [0.4, 0.5) is 0 Å². The Hall–Kier alpha value is -2.12. The van der Waals surface area contributed by atoms with E-state index in [1.165, 1.54) is 25.3 Å². The van der Waals surface area contributed by atoms with Crippen LogP contribution in [0.3, 0.4) is 0 Å². The fraction of sp³-hybridized carbons (Fsp3) is 0.0833. The fourth-order valence-corrected chi connectivity index (χ4v) is 2.01. The van der Waals surface area contributed by atoms with Gasteiger partial charge < -0.3 is 9.84 Å². The Labute approximate surface area is 124 Å². The van der Waals surface area contributed by atoms with Gasteiger partial charge in [0.15, 0.2) is 16.6 Å². The molecule has 8 heteroatoms. The summed E-state index contributed by atoms with van der Waals surface area (Å²) in [4.78, 5) is 23.4. The molecule has 6 nitrogen and oxygen atoms in total. The van der Waals surface area contributed by atoms with Gasteiger partial charge in [-0.05, 0) is 36.0 Å². The Bertz CT molecular complexity index is 635. The molecule has 1 heterocycles. The molecule has 0 bridgehead atoms. The highest BCUT2D eigenvalue weighted by Gasteiger charge is 2.25. The van der Waals surface area contributed by atoms with Gasteiger partial charge in [0, 0.05) is 0 Å². The third kappa shape index (κ3) is 2.73. The van der Waals surface area contributed by atoms with Crippen LogP contribution in [-0.2, 0) is 9.59 Å². The zero-order valence-corrected chi connectivity index (χ0v) is 11.8. The molecule has 2 amide bonds. The zero-order chi connectivity index (χ0) is 14.9. The zero-order valence-electron chi connectivity index (χ0n) is 10.2. The summed E-state index contributed by atoms with van der Waals surface area (Å²) in [7, 11) is 1.36. The standard InChI is InChI=1S/C12H9ClN2O4S/c1-19-8-4-5(3-7(13)9(8)16)2-6-10(17)14-12(20)15-11(6)18/h2-4,16H,1H3,(H2,14,15,17,18,20). The van der Waals surface area contributed by atoms with E-state index in [1.54, 1.807) is 0 Å². The van der Waals surface area contributed by atoms with E-state index in [0.29, 0.717) is 5.56 Å². The van der Waals surface area contributed by atoms with Crippen LogP contribution in [0.2, 0.25) is 5.02 Å². The lowest BCUT2D eigenvalue weighted by molar-refractivity contribution is -0.123. The molecule has 1 aliphatic heterocycles. The smallest absolute Gasteiger partial charge is 0.263 e. The van der Waals surface area contributed by atoms with Crippen molar-refractivity contribution < 1.29 is 19.4 Å². The van der Waals surface area contributed by atoms with Gasteiger partial charge in [-0.3, -0.25) is 20.2 Å². The van der Waals surface area contributed by atoms with Crippen molar-refractivity contribution in [1.29, 1.82) is 0 Å². The third-order valence-electron chi connectivity index (χ3n) is 2.53. The van der Waals surface area contributed by atoms with Crippen molar-refractivity contribution in [2.24, 2.45) is 0 Å². The number of halogens is 1. The van der Waals surface area contributed by atoms with Gasteiger partial charge in [0.05, 0.1) is 12.1 Å². The lowest BCUT2D eigenvalue weighted by Gasteiger charge is -2.16. The molecule has 104 valence electrons. The Balaban J connectivity index is 2.45. The van der Waals surface area contributed by atoms with Gasteiger partial charge in [-0.2, -0.15) is 0 Å². The second kappa shape index (κ2) is 5.48. The summed E-state index contributed by atoms with van der Waals surface area (Å²) in [5.74, 6) is -1.30. The second-order valence-corrected chi connectivity index (χ2v) is 4.66. The minimum atomic E-state index is -0.609. The highest BCUT2D eigenvalue weighted by atomic mass is 35.5. The highest BCUT2D eigenvalue weighted by molar-refractivity contribution is 7.80. The number of carbonyl (C=O) groups is 2. The van der Waals surface area contributed by atoms with Crippen molar-refractivity contribution in [3.05, 3.63) is 28.3 Å². The molecular weight excluding hydrogens is 304 g/mol. The monoisotopic (exact) mass is 312 g/mol. The number of nitrogens with one attached hydrogen (secondary N) is 2. The molecular formula is C12H9ClN2O4S. The molecule has 0 atom stereocenters. The van der Waals surface area contributed by atoms with Gasteiger partial charge in [-0.25, -0.2) is 0 Å². The van der Waals surface area contributed by atoms with E-state index in [0.717, 1.165) is 0 Å². The summed E-state index contributed by atoms with van der Waals surface area (Å²) in [5, 5.41) is 14.2. The first kappa shape index (κ1) is 14.3. The minimum Gasteiger partial charge on any atom is -0.503 e. The Morgan fingerprint density at radius 3 is 2.45 bits per heavy atom. The molecule has 1 fully saturated rings. The van der Waals surface area contributed by atoms with Gasteiger partial charge in [0.25, 0.3) is 11.8 Å². The summed E-state index contributed by atoms with van der Waals surface area (Å²) in [6, 6.07) is 2.85. The van der Waals surface area contributed by atoms with Crippen LogP contribution in [0, 0.1) is 0 Å². The molecule has 1 aromatic rings. The van der Waals surface area contributed by atoms with Crippen LogP contribution in [0.15, 0.2) is 17.7 Å². The van der Waals surface area contributed by atoms with Crippen LogP contribution in [0.25, 0.3) is 6.08 Å². The quantitative estimate of drug-likeness (QED) is 0.430. The van der Waals surface area contributed by atoms with Crippen molar-refractivity contribution in [2.45, 2.75) is 0 Å². The van der Waals surface area contributed by atoms with Gasteiger partial charge in [0.2, 0.25) is 0 Å². The molecule has 0 aliphatic carbocycles. The molecule has 0 radical (unpaired) electrons. The van der Waals surface area contributed by atoms with Crippen LogP contribution in [0.5, 0.6) is 11.5 Å². The average Bonchev–Trinajstić information content (AvgIpc) is 2.37. The lowest BCUT2D eigenvalue weighted by Crippen LogP contribution is -2.51. The Morgan fingerprint density at radius 2 is 1.90 bits per heavy atom. The van der Waals surface area contributed by atoms with Gasteiger partial charge in [-0.1, -0.05) is 11.6 Å². The summed E-state index contributed by atoms with van der Waals surface area (Å²) in [5.41, 5.74) is 0.306. The first-order chi connectivity index (χ1) is 9.42. The summed E-state index contributed by atoms with van der Waals surface area (Å²) >= 11 is 10.5. The molecule has 0 spiro atoms. The summed E-state index contributed by atoms with van der Waals surface area (Å²) < 4.78 is 4.94. The number of ether oxygens (including phenoxy) is 1. The molecule has 0 aromatic heterocycles. The van der Waals surface area contributed by atoms with Crippen molar-refractivity contribution in [3.8, 4) is 11.5 Å². The third-order valence-corrected chi connectivity index (χ3v) is 3.02. The van der Waals surface area contributed by atoms with Gasteiger partial charge in [0.1, 0.15) is 5.57 Å². The van der Waals surface area contributed by atoms with Crippen molar-refractivity contribution in [3.63, 3.8) is 0 Å². The highest BCUT2D eigenvalue weighted by Crippen LogP contribution is 2.35. The van der Waals surface area contributed by atoms with E-state index in [-0.39, 0.29) is 27.2 Å². The van der Waals surface area contributed by atoms with Gasteiger partial charge >= 0.3 is 0 Å². The maximum absolute atomic E-state index is 11.7. The van der Waals surface area contributed by atoms with E-state index < -0.39 is 11.8 Å².